The number of fused-ring (bicyclic) bond motifs is 1. The van der Waals surface area contributed by atoms with E-state index in [4.69, 9.17) is 5.41 Å². The molecule has 0 unspecified atom stereocenters. The van der Waals surface area contributed by atoms with E-state index in [0.717, 1.165) is 28.5 Å². The van der Waals surface area contributed by atoms with Crippen molar-refractivity contribution < 1.29 is 18.3 Å². The van der Waals surface area contributed by atoms with Gasteiger partial charge in [-0.25, -0.2) is 0 Å². The molecule has 0 bridgehead atoms. The number of rotatable bonds is 2. The topological polar surface area (TPSA) is 47.3 Å². The number of nitrogens with one attached hydrogen (secondary N) is 1. The van der Waals surface area contributed by atoms with E-state index in [2.05, 4.69) is 0 Å². The van der Waals surface area contributed by atoms with Gasteiger partial charge in [-0.05, 0) is 40.1 Å². The van der Waals surface area contributed by atoms with Gasteiger partial charge in [-0.3, -0.25) is 5.41 Å². The Morgan fingerprint density at radius 3 is 2.41 bits per heavy atom. The van der Waals surface area contributed by atoms with Gasteiger partial charge in [-0.2, -0.15) is 13.2 Å². The predicted octanol–water partition coefficient (Wildman–Crippen LogP) is 6.09. The third-order valence-electron chi connectivity index (χ3n) is 5.01. The molecule has 3 nitrogen and oxygen atoms in total. The summed E-state index contributed by atoms with van der Waals surface area (Å²) in [6.07, 6.45) is -2.76. The van der Waals surface area contributed by atoms with E-state index >= 15 is 0 Å². The number of hydrogen-bond acceptors (Lipinski definition) is 2. The van der Waals surface area contributed by atoms with Crippen LogP contribution in [0.5, 0.6) is 0 Å². The van der Waals surface area contributed by atoms with E-state index < -0.39 is 11.7 Å². The third-order valence-corrected chi connectivity index (χ3v) is 5.01. The third kappa shape index (κ3) is 3.27. The Bertz CT molecular complexity index is 1190. The van der Waals surface area contributed by atoms with Crippen molar-refractivity contribution in [3.63, 3.8) is 0 Å². The van der Waals surface area contributed by atoms with Crippen LogP contribution < -0.4 is 0 Å². The molecule has 0 spiro atoms. The number of halogens is 3. The second-order valence-corrected chi connectivity index (χ2v) is 6.81. The molecule has 3 aromatic rings. The van der Waals surface area contributed by atoms with Crippen molar-refractivity contribution in [3.05, 3.63) is 94.9 Å². The van der Waals surface area contributed by atoms with Gasteiger partial charge in [0.25, 0.3) is 0 Å². The molecule has 146 valence electrons. The van der Waals surface area contributed by atoms with Gasteiger partial charge in [0.05, 0.1) is 16.8 Å². The van der Waals surface area contributed by atoms with Gasteiger partial charge in [-0.1, -0.05) is 54.6 Å². The minimum Gasteiger partial charge on any atom is -0.505 e. The van der Waals surface area contributed by atoms with Crippen LogP contribution in [0.2, 0.25) is 0 Å². The van der Waals surface area contributed by atoms with Crippen LogP contribution in [0.3, 0.4) is 0 Å². The quantitative estimate of drug-likeness (QED) is 0.552. The molecule has 0 radical (unpaired) electrons. The van der Waals surface area contributed by atoms with E-state index in [9.17, 15) is 18.3 Å². The predicted molar refractivity (Wildman–Crippen MR) is 108 cm³/mol. The van der Waals surface area contributed by atoms with Gasteiger partial charge in [0.2, 0.25) is 0 Å². The van der Waals surface area contributed by atoms with E-state index in [1.54, 1.807) is 13.1 Å². The zero-order valence-electron chi connectivity index (χ0n) is 15.5. The first-order chi connectivity index (χ1) is 13.8. The highest BCUT2D eigenvalue weighted by Gasteiger charge is 2.34. The van der Waals surface area contributed by atoms with Crippen LogP contribution in [0.1, 0.15) is 16.7 Å². The van der Waals surface area contributed by atoms with Crippen LogP contribution in [-0.4, -0.2) is 22.9 Å². The second kappa shape index (κ2) is 6.81. The van der Waals surface area contributed by atoms with Crippen molar-refractivity contribution in [2.75, 3.05) is 7.05 Å². The molecule has 0 amide bonds. The van der Waals surface area contributed by atoms with Crippen LogP contribution in [-0.2, 0) is 6.18 Å². The lowest BCUT2D eigenvalue weighted by Crippen LogP contribution is -2.19. The Morgan fingerprint density at radius 1 is 0.966 bits per heavy atom. The molecular weight excluding hydrogens is 377 g/mol. The number of benzene rings is 3. The first-order valence-electron chi connectivity index (χ1n) is 8.91. The first-order valence-corrected chi connectivity index (χ1v) is 8.91. The molecule has 1 aliphatic rings. The van der Waals surface area contributed by atoms with E-state index in [0.29, 0.717) is 5.70 Å². The lowest BCUT2D eigenvalue weighted by Gasteiger charge is -2.15. The molecule has 0 aromatic heterocycles. The summed E-state index contributed by atoms with van der Waals surface area (Å²) in [5.74, 6) is -0.280. The number of likely N-dealkylation sites (N-methyl/N-ethyl adjacent to an activating group) is 1. The molecule has 0 atom stereocenters. The van der Waals surface area contributed by atoms with Crippen molar-refractivity contribution in [1.82, 2.24) is 4.90 Å². The highest BCUT2D eigenvalue weighted by Crippen LogP contribution is 2.37. The lowest BCUT2D eigenvalue weighted by atomic mass is 10.0. The molecule has 0 saturated heterocycles. The standard InChI is InChI=1S/C23H17F3N2O/c1-28-19(13-15-8-4-7-14-6-2-3-11-18(14)15)21(29)20(22(28)27)16-9-5-10-17(12-16)23(24,25)26/h2-13,27,29H,1H3. The summed E-state index contributed by atoms with van der Waals surface area (Å²) < 4.78 is 39.3. The Balaban J connectivity index is 1.85. The fourth-order valence-electron chi connectivity index (χ4n) is 3.50. The van der Waals surface area contributed by atoms with E-state index in [1.165, 1.54) is 17.0 Å². The van der Waals surface area contributed by atoms with Gasteiger partial charge in [-0.15, -0.1) is 0 Å². The van der Waals surface area contributed by atoms with Crippen LogP contribution >= 0.6 is 0 Å². The highest BCUT2D eigenvalue weighted by atomic mass is 19.4. The number of nitrogens with zero attached hydrogens (tertiary/aromatic N) is 1. The van der Waals surface area contributed by atoms with Crippen molar-refractivity contribution in [3.8, 4) is 0 Å². The van der Waals surface area contributed by atoms with Crippen LogP contribution in [0, 0.1) is 5.41 Å². The van der Waals surface area contributed by atoms with Crippen molar-refractivity contribution in [2.45, 2.75) is 6.18 Å². The Labute approximate surface area is 165 Å². The molecule has 4 rings (SSSR count). The van der Waals surface area contributed by atoms with Crippen LogP contribution in [0.15, 0.2) is 78.2 Å². The number of alkyl halides is 3. The number of amidine groups is 1. The molecule has 2 N–H and O–H groups in total. The maximum atomic E-state index is 13.1. The summed E-state index contributed by atoms with van der Waals surface area (Å²) in [6, 6.07) is 18.2. The molecular formula is C23H17F3N2O. The average molecular weight is 394 g/mol. The highest BCUT2D eigenvalue weighted by molar-refractivity contribution is 6.26. The number of aliphatic hydroxyl groups is 1. The molecule has 0 aliphatic carbocycles. The smallest absolute Gasteiger partial charge is 0.416 e. The van der Waals surface area contributed by atoms with Gasteiger partial charge in [0.15, 0.2) is 5.76 Å². The van der Waals surface area contributed by atoms with Crippen LogP contribution in [0.4, 0.5) is 13.2 Å². The fraction of sp³-hybridized carbons (Fsp3) is 0.0870. The maximum absolute atomic E-state index is 13.1. The monoisotopic (exact) mass is 394 g/mol. The van der Waals surface area contributed by atoms with Gasteiger partial charge >= 0.3 is 6.18 Å². The van der Waals surface area contributed by atoms with Crippen molar-refractivity contribution >= 4 is 28.3 Å². The SMILES string of the molecule is CN1C(=N)C(c2cccc(C(F)(F)F)c2)=C(O)C1=Cc1cccc2ccccc12. The Hall–Kier alpha value is -3.54. The summed E-state index contributed by atoms with van der Waals surface area (Å²) in [5, 5.41) is 21.2. The van der Waals surface area contributed by atoms with E-state index in [-0.39, 0.29) is 22.7 Å². The summed E-state index contributed by atoms with van der Waals surface area (Å²) in [6.45, 7) is 0. The molecule has 0 saturated carbocycles. The Kier molecular flexibility index (Phi) is 4.42. The molecule has 0 fully saturated rings. The molecule has 1 heterocycles. The summed E-state index contributed by atoms with van der Waals surface area (Å²) in [5.41, 5.74) is 0.603. The lowest BCUT2D eigenvalue weighted by molar-refractivity contribution is -0.137. The summed E-state index contributed by atoms with van der Waals surface area (Å²) in [7, 11) is 1.61. The van der Waals surface area contributed by atoms with Crippen molar-refractivity contribution in [2.24, 2.45) is 0 Å². The Morgan fingerprint density at radius 2 is 1.66 bits per heavy atom. The molecule has 3 aromatic carbocycles. The molecule has 29 heavy (non-hydrogen) atoms. The van der Waals surface area contributed by atoms with Crippen LogP contribution in [0.25, 0.3) is 22.4 Å². The normalized spacial score (nSPS) is 16.3. The average Bonchev–Trinajstić information content (AvgIpc) is 2.91. The zero-order chi connectivity index (χ0) is 20.8. The number of aliphatic hydroxyl groups excluding tert-OH is 1. The maximum Gasteiger partial charge on any atom is 0.416 e. The second-order valence-electron chi connectivity index (χ2n) is 6.81. The van der Waals surface area contributed by atoms with Gasteiger partial charge < -0.3 is 10.0 Å². The van der Waals surface area contributed by atoms with Gasteiger partial charge in [0, 0.05) is 7.05 Å². The summed E-state index contributed by atoms with van der Waals surface area (Å²) in [4.78, 5) is 1.46. The van der Waals surface area contributed by atoms with Gasteiger partial charge in [0.1, 0.15) is 5.84 Å². The first kappa shape index (κ1) is 18.8. The van der Waals surface area contributed by atoms with E-state index in [1.807, 2.05) is 42.5 Å². The number of hydrogen-bond donors (Lipinski definition) is 2. The summed E-state index contributed by atoms with van der Waals surface area (Å²) >= 11 is 0. The van der Waals surface area contributed by atoms with Crippen molar-refractivity contribution in [1.29, 1.82) is 5.41 Å². The fourth-order valence-corrected chi connectivity index (χ4v) is 3.50. The minimum atomic E-state index is -4.50. The largest absolute Gasteiger partial charge is 0.505 e. The molecule has 6 heteroatoms. The minimum absolute atomic E-state index is 0.0617. The molecule has 1 aliphatic heterocycles. The zero-order valence-corrected chi connectivity index (χ0v) is 15.5.